The van der Waals surface area contributed by atoms with Gasteiger partial charge in [0.1, 0.15) is 19.8 Å². The van der Waals surface area contributed by atoms with E-state index in [1.54, 1.807) is 0 Å². The van der Waals surface area contributed by atoms with E-state index in [1.807, 2.05) is 21.1 Å². The van der Waals surface area contributed by atoms with Gasteiger partial charge in [0.15, 0.2) is 6.10 Å². The molecule has 0 aromatic carbocycles. The van der Waals surface area contributed by atoms with Gasteiger partial charge in [0.05, 0.1) is 27.7 Å². The molecule has 1 unspecified atom stereocenters. The summed E-state index contributed by atoms with van der Waals surface area (Å²) in [5, 5.41) is 0. The molecule has 0 aliphatic heterocycles. The van der Waals surface area contributed by atoms with E-state index < -0.39 is 26.5 Å². The molecule has 49 heavy (non-hydrogen) atoms. The molecule has 0 amide bonds. The van der Waals surface area contributed by atoms with Crippen LogP contribution in [0.4, 0.5) is 0 Å². The summed E-state index contributed by atoms with van der Waals surface area (Å²) in [7, 11) is 1.49. The van der Waals surface area contributed by atoms with E-state index in [9.17, 15) is 19.0 Å². The lowest BCUT2D eigenvalue weighted by Gasteiger charge is -2.24. The molecule has 292 valence electrons. The molecule has 0 spiro atoms. The minimum Gasteiger partial charge on any atom is -0.462 e. The molecule has 2 atom stereocenters. The van der Waals surface area contributed by atoms with Crippen LogP contribution in [0.3, 0.4) is 0 Å². The molecule has 0 fully saturated rings. The number of carbonyl (C=O) groups excluding carboxylic acids is 2. The Hall–Kier alpha value is -0.990. The number of phosphoric acid groups is 1. The first kappa shape index (κ1) is 48.0. The Labute approximate surface area is 302 Å². The third kappa shape index (κ3) is 36.6. The summed E-state index contributed by atoms with van der Waals surface area (Å²) in [6.07, 6.45) is 30.2. The van der Waals surface area contributed by atoms with Crippen molar-refractivity contribution >= 4 is 19.8 Å². The molecular weight excluding hydrogens is 641 g/mol. The van der Waals surface area contributed by atoms with Gasteiger partial charge in [0.2, 0.25) is 0 Å². The van der Waals surface area contributed by atoms with Crippen LogP contribution in [0, 0.1) is 0 Å². The molecule has 0 bridgehead atoms. The zero-order valence-electron chi connectivity index (χ0n) is 32.7. The van der Waals surface area contributed by atoms with E-state index >= 15 is 0 Å². The van der Waals surface area contributed by atoms with Gasteiger partial charge in [-0.3, -0.25) is 18.6 Å². The summed E-state index contributed by atoms with van der Waals surface area (Å²) < 4.78 is 34.1. The normalized spacial score (nSPS) is 13.7. The Kier molecular flexibility index (Phi) is 32.2. The first-order chi connectivity index (χ1) is 23.5. The van der Waals surface area contributed by atoms with E-state index in [0.29, 0.717) is 23.9 Å². The average Bonchev–Trinajstić information content (AvgIpc) is 3.04. The van der Waals surface area contributed by atoms with Crippen molar-refractivity contribution in [2.24, 2.45) is 0 Å². The maximum Gasteiger partial charge on any atom is 0.472 e. The van der Waals surface area contributed by atoms with Crippen molar-refractivity contribution in [2.75, 3.05) is 47.5 Å². The zero-order valence-corrected chi connectivity index (χ0v) is 33.6. The summed E-state index contributed by atoms with van der Waals surface area (Å²) in [6, 6.07) is 0. The second kappa shape index (κ2) is 32.9. The summed E-state index contributed by atoms with van der Waals surface area (Å²) in [6.45, 7) is 4.40. The van der Waals surface area contributed by atoms with E-state index in [4.69, 9.17) is 18.5 Å². The quantitative estimate of drug-likeness (QED) is 0.0292. The largest absolute Gasteiger partial charge is 0.472 e. The highest BCUT2D eigenvalue weighted by atomic mass is 31.2. The lowest BCUT2D eigenvalue weighted by molar-refractivity contribution is -0.870. The lowest BCUT2D eigenvalue weighted by atomic mass is 10.0. The van der Waals surface area contributed by atoms with Crippen molar-refractivity contribution in [3.63, 3.8) is 0 Å². The average molecular weight is 721 g/mol. The van der Waals surface area contributed by atoms with Gasteiger partial charge in [-0.25, -0.2) is 4.57 Å². The van der Waals surface area contributed by atoms with Crippen LogP contribution in [-0.2, 0) is 32.7 Å². The van der Waals surface area contributed by atoms with Crippen LogP contribution < -0.4 is 0 Å². The Bertz CT molecular complexity index is 819. The summed E-state index contributed by atoms with van der Waals surface area (Å²) in [4.78, 5) is 35.1. The Morgan fingerprint density at radius 1 is 0.551 bits per heavy atom. The van der Waals surface area contributed by atoms with Crippen LogP contribution in [0.5, 0.6) is 0 Å². The number of carbonyl (C=O) groups is 2. The van der Waals surface area contributed by atoms with E-state index in [2.05, 4.69) is 13.8 Å². The van der Waals surface area contributed by atoms with Gasteiger partial charge in [-0.1, -0.05) is 162 Å². The van der Waals surface area contributed by atoms with Crippen LogP contribution in [0.1, 0.15) is 187 Å². The number of hydrogen-bond acceptors (Lipinski definition) is 7. The highest BCUT2D eigenvalue weighted by Gasteiger charge is 2.27. The number of hydrogen-bond donors (Lipinski definition) is 1. The minimum absolute atomic E-state index is 0.0362. The van der Waals surface area contributed by atoms with Gasteiger partial charge in [0.25, 0.3) is 0 Å². The fraction of sp³-hybridized carbons (Fsp3) is 0.949. The van der Waals surface area contributed by atoms with Gasteiger partial charge in [0, 0.05) is 12.8 Å². The smallest absolute Gasteiger partial charge is 0.462 e. The van der Waals surface area contributed by atoms with E-state index in [1.165, 1.54) is 122 Å². The predicted octanol–water partition coefficient (Wildman–Crippen LogP) is 10.9. The molecule has 0 aromatic heterocycles. The fourth-order valence-corrected chi connectivity index (χ4v) is 6.40. The topological polar surface area (TPSA) is 108 Å². The van der Waals surface area contributed by atoms with Crippen molar-refractivity contribution in [1.82, 2.24) is 0 Å². The summed E-state index contributed by atoms with van der Waals surface area (Å²) in [5.74, 6) is -0.793. The number of phosphoric ester groups is 1. The molecule has 0 saturated carbocycles. The van der Waals surface area contributed by atoms with Crippen molar-refractivity contribution in [3.05, 3.63) is 0 Å². The molecule has 9 nitrogen and oxygen atoms in total. The second-order valence-electron chi connectivity index (χ2n) is 15.0. The number of rotatable bonds is 37. The monoisotopic (exact) mass is 721 g/mol. The maximum absolute atomic E-state index is 12.5. The SMILES string of the molecule is CCCCCCCCCCCCCCCCCCCC(=O)OC[C@@H](COP(=O)(O)OCC[N+](C)(C)C)OC(=O)CCCCCCCCCC. The summed E-state index contributed by atoms with van der Waals surface area (Å²) >= 11 is 0. The van der Waals surface area contributed by atoms with Crippen molar-refractivity contribution < 1.29 is 42.1 Å². The van der Waals surface area contributed by atoms with Crippen LogP contribution in [0.25, 0.3) is 0 Å². The van der Waals surface area contributed by atoms with Gasteiger partial charge in [-0.2, -0.15) is 0 Å². The van der Waals surface area contributed by atoms with Gasteiger partial charge in [-0.15, -0.1) is 0 Å². The molecule has 1 N–H and O–H groups in total. The second-order valence-corrected chi connectivity index (χ2v) is 16.5. The molecular formula is C39H79NO8P+. The predicted molar refractivity (Wildman–Crippen MR) is 201 cm³/mol. The van der Waals surface area contributed by atoms with Crippen molar-refractivity contribution in [2.45, 2.75) is 193 Å². The molecule has 0 radical (unpaired) electrons. The third-order valence-electron chi connectivity index (χ3n) is 8.89. The number of quaternary nitrogens is 1. The molecule has 0 saturated heterocycles. The number of likely N-dealkylation sites (N-methyl/N-ethyl adjacent to an activating group) is 1. The van der Waals surface area contributed by atoms with Crippen LogP contribution >= 0.6 is 7.82 Å². The van der Waals surface area contributed by atoms with Crippen molar-refractivity contribution in [3.8, 4) is 0 Å². The van der Waals surface area contributed by atoms with Gasteiger partial charge >= 0.3 is 19.8 Å². The van der Waals surface area contributed by atoms with E-state index in [0.717, 1.165) is 32.1 Å². The minimum atomic E-state index is -4.36. The first-order valence-corrected chi connectivity index (χ1v) is 21.8. The molecule has 0 aliphatic rings. The fourth-order valence-electron chi connectivity index (χ4n) is 5.66. The highest BCUT2D eigenvalue weighted by Crippen LogP contribution is 2.43. The third-order valence-corrected chi connectivity index (χ3v) is 9.87. The summed E-state index contributed by atoms with van der Waals surface area (Å²) in [5.41, 5.74) is 0. The standard InChI is InChI=1S/C39H78NO8P/c1-6-8-10-12-14-16-17-18-19-20-21-22-23-24-26-27-29-31-38(41)45-35-37(36-47-49(43,44)46-34-33-40(3,4)5)48-39(42)32-30-28-25-15-13-11-9-7-2/h37H,6-36H2,1-5H3/p+1/t37-/m0/s1. The van der Waals surface area contributed by atoms with Crippen LogP contribution in [0.15, 0.2) is 0 Å². The Morgan fingerprint density at radius 2 is 0.918 bits per heavy atom. The van der Waals surface area contributed by atoms with Crippen LogP contribution in [-0.4, -0.2) is 74.9 Å². The molecule has 0 aromatic rings. The zero-order chi connectivity index (χ0) is 36.5. The van der Waals surface area contributed by atoms with Crippen molar-refractivity contribution in [1.29, 1.82) is 0 Å². The molecule has 10 heteroatoms. The lowest BCUT2D eigenvalue weighted by Crippen LogP contribution is -2.37. The maximum atomic E-state index is 12.5. The van der Waals surface area contributed by atoms with Crippen LogP contribution in [0.2, 0.25) is 0 Å². The number of nitrogens with zero attached hydrogens (tertiary/aromatic N) is 1. The highest BCUT2D eigenvalue weighted by molar-refractivity contribution is 7.47. The van der Waals surface area contributed by atoms with Gasteiger partial charge < -0.3 is 18.9 Å². The Balaban J connectivity index is 4.26. The molecule has 0 aliphatic carbocycles. The van der Waals surface area contributed by atoms with Gasteiger partial charge in [-0.05, 0) is 12.8 Å². The number of ether oxygens (including phenoxy) is 2. The first-order valence-electron chi connectivity index (χ1n) is 20.3. The molecule has 0 rings (SSSR count). The Morgan fingerprint density at radius 3 is 1.31 bits per heavy atom. The number of esters is 2. The van der Waals surface area contributed by atoms with E-state index in [-0.39, 0.29) is 25.6 Å². The number of unbranched alkanes of at least 4 members (excludes halogenated alkanes) is 23. The molecule has 0 heterocycles.